The van der Waals surface area contributed by atoms with Crippen LogP contribution in [0.15, 0.2) is 52.0 Å². The SMILES string of the molecule is COc1cc2c(cc1Br)cc(C1CCCCC1)c(=O)n2Cc1cccnc1. The maximum absolute atomic E-state index is 13.5. The summed E-state index contributed by atoms with van der Waals surface area (Å²) in [5.74, 6) is 1.09. The van der Waals surface area contributed by atoms with Gasteiger partial charge >= 0.3 is 0 Å². The van der Waals surface area contributed by atoms with Gasteiger partial charge in [-0.1, -0.05) is 25.3 Å². The first kappa shape index (κ1) is 18.2. The van der Waals surface area contributed by atoms with Gasteiger partial charge in [0.2, 0.25) is 0 Å². The molecule has 1 fully saturated rings. The van der Waals surface area contributed by atoms with Crippen molar-refractivity contribution in [3.63, 3.8) is 0 Å². The topological polar surface area (TPSA) is 44.1 Å². The number of hydrogen-bond donors (Lipinski definition) is 0. The van der Waals surface area contributed by atoms with Crippen LogP contribution < -0.4 is 10.3 Å². The summed E-state index contributed by atoms with van der Waals surface area (Å²) in [5.41, 5.74) is 2.97. The van der Waals surface area contributed by atoms with E-state index in [0.717, 1.165) is 45.1 Å². The summed E-state index contributed by atoms with van der Waals surface area (Å²) in [7, 11) is 1.64. The van der Waals surface area contributed by atoms with Crippen molar-refractivity contribution in [1.29, 1.82) is 0 Å². The Balaban J connectivity index is 1.92. The monoisotopic (exact) mass is 426 g/mol. The predicted octanol–water partition coefficient (Wildman–Crippen LogP) is 5.26. The molecule has 1 aromatic carbocycles. The minimum Gasteiger partial charge on any atom is -0.495 e. The number of aromatic nitrogens is 2. The van der Waals surface area contributed by atoms with Crippen molar-refractivity contribution in [1.82, 2.24) is 9.55 Å². The van der Waals surface area contributed by atoms with Gasteiger partial charge in [0.15, 0.2) is 0 Å². The minimum atomic E-state index is 0.114. The van der Waals surface area contributed by atoms with E-state index < -0.39 is 0 Å². The Morgan fingerprint density at radius 3 is 2.74 bits per heavy atom. The maximum atomic E-state index is 13.5. The lowest BCUT2D eigenvalue weighted by atomic mass is 9.84. The van der Waals surface area contributed by atoms with Crippen molar-refractivity contribution in [3.05, 3.63) is 68.7 Å². The lowest BCUT2D eigenvalue weighted by molar-refractivity contribution is 0.412. The van der Waals surface area contributed by atoms with E-state index in [1.807, 2.05) is 29.0 Å². The highest BCUT2D eigenvalue weighted by Crippen LogP contribution is 2.35. The van der Waals surface area contributed by atoms with Crippen molar-refractivity contribution in [2.45, 2.75) is 44.6 Å². The van der Waals surface area contributed by atoms with E-state index >= 15 is 0 Å². The van der Waals surface area contributed by atoms with Gasteiger partial charge in [0.1, 0.15) is 5.75 Å². The molecule has 0 N–H and O–H groups in total. The molecule has 27 heavy (non-hydrogen) atoms. The molecule has 4 rings (SSSR count). The quantitative estimate of drug-likeness (QED) is 0.570. The molecule has 4 nitrogen and oxygen atoms in total. The lowest BCUT2D eigenvalue weighted by Crippen LogP contribution is -2.27. The van der Waals surface area contributed by atoms with E-state index in [1.54, 1.807) is 13.3 Å². The number of nitrogens with zero attached hydrogens (tertiary/aromatic N) is 2. The van der Waals surface area contributed by atoms with E-state index in [2.05, 4.69) is 33.0 Å². The number of fused-ring (bicyclic) bond motifs is 1. The van der Waals surface area contributed by atoms with Crippen molar-refractivity contribution in [2.75, 3.05) is 7.11 Å². The van der Waals surface area contributed by atoms with Crippen molar-refractivity contribution in [3.8, 4) is 5.75 Å². The van der Waals surface area contributed by atoms with Crippen LogP contribution in [0.5, 0.6) is 5.75 Å². The molecule has 1 aliphatic rings. The molecule has 0 bridgehead atoms. The molecule has 1 saturated carbocycles. The first-order valence-corrected chi connectivity index (χ1v) is 10.3. The molecular formula is C22H23BrN2O2. The Morgan fingerprint density at radius 1 is 1.22 bits per heavy atom. The van der Waals surface area contributed by atoms with Gasteiger partial charge in [0, 0.05) is 29.4 Å². The summed E-state index contributed by atoms with van der Waals surface area (Å²) in [4.78, 5) is 17.7. The van der Waals surface area contributed by atoms with E-state index in [9.17, 15) is 4.79 Å². The van der Waals surface area contributed by atoms with Crippen LogP contribution in [0.25, 0.3) is 10.9 Å². The second-order valence-electron chi connectivity index (χ2n) is 7.23. The highest BCUT2D eigenvalue weighted by molar-refractivity contribution is 9.10. The fourth-order valence-corrected chi connectivity index (χ4v) is 4.62. The fraction of sp³-hybridized carbons (Fsp3) is 0.364. The van der Waals surface area contributed by atoms with Crippen LogP contribution in [0.1, 0.15) is 49.1 Å². The minimum absolute atomic E-state index is 0.114. The summed E-state index contributed by atoms with van der Waals surface area (Å²) in [6, 6.07) is 10.0. The van der Waals surface area contributed by atoms with Crippen LogP contribution in [-0.4, -0.2) is 16.7 Å². The van der Waals surface area contributed by atoms with Gasteiger partial charge in [-0.05, 0) is 58.5 Å². The smallest absolute Gasteiger partial charge is 0.254 e. The standard InChI is InChI=1S/C22H23BrN2O2/c1-27-21-12-20-17(11-19(21)23)10-18(16-7-3-2-4-8-16)22(26)25(20)14-15-6-5-9-24-13-15/h5-6,9-13,16H,2-4,7-8,14H2,1H3. The van der Waals surface area contributed by atoms with Crippen LogP contribution in [0, 0.1) is 0 Å². The Labute approximate surface area is 167 Å². The molecule has 0 unspecified atom stereocenters. The average molecular weight is 427 g/mol. The molecule has 0 radical (unpaired) electrons. The zero-order chi connectivity index (χ0) is 18.8. The number of benzene rings is 1. The van der Waals surface area contributed by atoms with E-state index in [1.165, 1.54) is 19.3 Å². The molecule has 0 spiro atoms. The highest BCUT2D eigenvalue weighted by atomic mass is 79.9. The third-order valence-electron chi connectivity index (χ3n) is 5.50. The van der Waals surface area contributed by atoms with Crippen LogP contribution in [0.3, 0.4) is 0 Å². The van der Waals surface area contributed by atoms with E-state index in [0.29, 0.717) is 12.5 Å². The van der Waals surface area contributed by atoms with Gasteiger partial charge in [-0.2, -0.15) is 0 Å². The Morgan fingerprint density at radius 2 is 2.04 bits per heavy atom. The number of methoxy groups -OCH3 is 1. The number of ether oxygens (including phenoxy) is 1. The third kappa shape index (κ3) is 3.65. The molecule has 2 heterocycles. The molecule has 0 atom stereocenters. The number of rotatable bonds is 4. The van der Waals surface area contributed by atoms with Gasteiger partial charge in [0.25, 0.3) is 5.56 Å². The largest absolute Gasteiger partial charge is 0.495 e. The summed E-state index contributed by atoms with van der Waals surface area (Å²) < 4.78 is 8.25. The fourth-order valence-electron chi connectivity index (χ4n) is 4.10. The van der Waals surface area contributed by atoms with Gasteiger partial charge in [-0.25, -0.2) is 0 Å². The van der Waals surface area contributed by atoms with Crippen LogP contribution in [0.2, 0.25) is 0 Å². The summed E-state index contributed by atoms with van der Waals surface area (Å²) in [6.45, 7) is 0.508. The van der Waals surface area contributed by atoms with Crippen molar-refractivity contribution < 1.29 is 4.74 Å². The first-order chi connectivity index (χ1) is 13.2. The average Bonchev–Trinajstić information content (AvgIpc) is 2.71. The summed E-state index contributed by atoms with van der Waals surface area (Å²) >= 11 is 3.59. The molecule has 0 amide bonds. The Hall–Kier alpha value is -2.14. The third-order valence-corrected chi connectivity index (χ3v) is 6.12. The molecular weight excluding hydrogens is 404 g/mol. The zero-order valence-electron chi connectivity index (χ0n) is 15.5. The van der Waals surface area contributed by atoms with E-state index in [-0.39, 0.29) is 5.56 Å². The second-order valence-corrected chi connectivity index (χ2v) is 8.09. The van der Waals surface area contributed by atoms with Gasteiger partial charge in [-0.3, -0.25) is 9.78 Å². The molecule has 0 saturated heterocycles. The van der Waals surface area contributed by atoms with Gasteiger partial charge in [-0.15, -0.1) is 0 Å². The molecule has 3 aromatic rings. The lowest BCUT2D eigenvalue weighted by Gasteiger charge is -2.23. The normalized spacial score (nSPS) is 15.2. The van der Waals surface area contributed by atoms with Crippen LogP contribution in [-0.2, 0) is 6.54 Å². The maximum Gasteiger partial charge on any atom is 0.254 e. The van der Waals surface area contributed by atoms with Crippen molar-refractivity contribution >= 4 is 26.8 Å². The number of pyridine rings is 2. The first-order valence-electron chi connectivity index (χ1n) is 9.47. The molecule has 2 aromatic heterocycles. The summed E-state index contributed by atoms with van der Waals surface area (Å²) in [5, 5.41) is 1.06. The molecule has 1 aliphatic carbocycles. The molecule has 0 aliphatic heterocycles. The van der Waals surface area contributed by atoms with Crippen LogP contribution in [0.4, 0.5) is 0 Å². The number of hydrogen-bond acceptors (Lipinski definition) is 3. The predicted molar refractivity (Wildman–Crippen MR) is 112 cm³/mol. The van der Waals surface area contributed by atoms with Gasteiger partial charge < -0.3 is 9.30 Å². The molecule has 140 valence electrons. The highest BCUT2D eigenvalue weighted by Gasteiger charge is 2.21. The van der Waals surface area contributed by atoms with Crippen LogP contribution >= 0.6 is 15.9 Å². The summed E-state index contributed by atoms with van der Waals surface area (Å²) in [6.07, 6.45) is 9.46. The second kappa shape index (κ2) is 7.85. The van der Waals surface area contributed by atoms with E-state index in [4.69, 9.17) is 4.74 Å². The molecule has 5 heteroatoms. The van der Waals surface area contributed by atoms with Gasteiger partial charge in [0.05, 0.1) is 23.6 Å². The van der Waals surface area contributed by atoms with Crippen molar-refractivity contribution in [2.24, 2.45) is 0 Å². The zero-order valence-corrected chi connectivity index (χ0v) is 17.0. The number of halogens is 1. The Kier molecular flexibility index (Phi) is 5.30. The Bertz CT molecular complexity index is 1010.